The predicted molar refractivity (Wildman–Crippen MR) is 122 cm³/mol. The van der Waals surface area contributed by atoms with Crippen LogP contribution in [0.1, 0.15) is 37.1 Å². The van der Waals surface area contributed by atoms with Crippen LogP contribution in [0.5, 0.6) is 5.88 Å². The monoisotopic (exact) mass is 454 g/mol. The molecule has 2 aliphatic rings. The van der Waals surface area contributed by atoms with Crippen LogP contribution in [0.15, 0.2) is 24.7 Å². The lowest BCUT2D eigenvalue weighted by Crippen LogP contribution is -2.33. The molecule has 8 nitrogen and oxygen atoms in total. The van der Waals surface area contributed by atoms with Crippen LogP contribution in [0.25, 0.3) is 16.9 Å². The van der Waals surface area contributed by atoms with Crippen molar-refractivity contribution in [2.45, 2.75) is 38.6 Å². The topological polar surface area (TPSA) is 70.2 Å². The summed E-state index contributed by atoms with van der Waals surface area (Å²) < 4.78 is 29.1. The molecule has 0 radical (unpaired) electrons. The summed E-state index contributed by atoms with van der Waals surface area (Å²) in [4.78, 5) is 6.50. The number of likely N-dealkylation sites (tertiary alicyclic amines) is 1. The minimum absolute atomic E-state index is 0.0169. The minimum Gasteiger partial charge on any atom is -0.479 e. The molecule has 1 fully saturated rings. The van der Waals surface area contributed by atoms with Gasteiger partial charge in [0.25, 0.3) is 0 Å². The molecule has 0 unspecified atom stereocenters. The first kappa shape index (κ1) is 22.0. The van der Waals surface area contributed by atoms with Crippen LogP contribution in [0.3, 0.4) is 0 Å². The normalized spacial score (nSPS) is 18.7. The number of fused-ring (bicyclic) bond motifs is 1. The number of pyridine rings is 1. The molecule has 3 aromatic heterocycles. The number of nitrogens with zero attached hydrogens (tertiary/aromatic N) is 6. The van der Waals surface area contributed by atoms with Crippen LogP contribution in [0, 0.1) is 11.7 Å². The molecule has 0 amide bonds. The quantitative estimate of drug-likeness (QED) is 0.589. The van der Waals surface area contributed by atoms with Crippen molar-refractivity contribution in [3.8, 4) is 22.8 Å². The molecular weight excluding hydrogens is 423 g/mol. The maximum absolute atomic E-state index is 14.4. The molecule has 33 heavy (non-hydrogen) atoms. The molecule has 5 heterocycles. The molecule has 0 spiro atoms. The zero-order valence-corrected chi connectivity index (χ0v) is 19.5. The molecule has 1 saturated heterocycles. The van der Waals surface area contributed by atoms with E-state index >= 15 is 0 Å². The first-order valence-corrected chi connectivity index (χ1v) is 11.7. The second-order valence-corrected chi connectivity index (χ2v) is 9.07. The molecule has 0 N–H and O–H groups in total. The van der Waals surface area contributed by atoms with Gasteiger partial charge in [0.15, 0.2) is 5.82 Å². The minimum atomic E-state index is -0.497. The fourth-order valence-corrected chi connectivity index (χ4v) is 4.99. The lowest BCUT2D eigenvalue weighted by atomic mass is 9.91. The highest BCUT2D eigenvalue weighted by atomic mass is 19.1. The summed E-state index contributed by atoms with van der Waals surface area (Å²) in [5.41, 5.74) is 4.46. The van der Waals surface area contributed by atoms with Gasteiger partial charge in [-0.3, -0.25) is 4.68 Å². The fraction of sp³-hybridized carbons (Fsp3) is 0.542. The Balaban J connectivity index is 1.49. The number of hydrogen-bond donors (Lipinski definition) is 0. The van der Waals surface area contributed by atoms with E-state index in [0.29, 0.717) is 30.7 Å². The van der Waals surface area contributed by atoms with Gasteiger partial charge >= 0.3 is 0 Å². The van der Waals surface area contributed by atoms with Gasteiger partial charge in [0, 0.05) is 23.7 Å². The number of ether oxygens (including phenoxy) is 2. The first-order chi connectivity index (χ1) is 16.0. The summed E-state index contributed by atoms with van der Waals surface area (Å²) in [7, 11) is 3.59. The lowest BCUT2D eigenvalue weighted by molar-refractivity contribution is 0.145. The average molecular weight is 455 g/mol. The van der Waals surface area contributed by atoms with Crippen molar-refractivity contribution >= 4 is 0 Å². The van der Waals surface area contributed by atoms with Crippen molar-refractivity contribution in [3.63, 3.8) is 0 Å². The summed E-state index contributed by atoms with van der Waals surface area (Å²) in [6.45, 7) is 5.76. The highest BCUT2D eigenvalue weighted by Crippen LogP contribution is 2.32. The van der Waals surface area contributed by atoms with Gasteiger partial charge in [-0.05, 0) is 58.3 Å². The zero-order valence-electron chi connectivity index (χ0n) is 19.5. The van der Waals surface area contributed by atoms with Gasteiger partial charge in [-0.1, -0.05) is 0 Å². The summed E-state index contributed by atoms with van der Waals surface area (Å²) in [6, 6.07) is 1.76. The Hall–Kier alpha value is -2.78. The molecule has 176 valence electrons. The summed E-state index contributed by atoms with van der Waals surface area (Å²) in [6.07, 6.45) is 9.40. The fourth-order valence-electron chi connectivity index (χ4n) is 4.99. The van der Waals surface area contributed by atoms with Crippen LogP contribution in [0.4, 0.5) is 4.39 Å². The Kier molecular flexibility index (Phi) is 6.16. The van der Waals surface area contributed by atoms with Gasteiger partial charge in [-0.2, -0.15) is 10.2 Å². The highest BCUT2D eigenvalue weighted by molar-refractivity contribution is 5.65. The van der Waals surface area contributed by atoms with E-state index in [9.17, 15) is 4.39 Å². The maximum Gasteiger partial charge on any atom is 0.250 e. The van der Waals surface area contributed by atoms with Crippen LogP contribution < -0.4 is 4.74 Å². The Bertz CT molecular complexity index is 1120. The molecule has 1 atom stereocenters. The third-order valence-electron chi connectivity index (χ3n) is 7.04. The molecule has 0 saturated carbocycles. The van der Waals surface area contributed by atoms with E-state index in [1.54, 1.807) is 6.20 Å². The zero-order chi connectivity index (χ0) is 22.9. The van der Waals surface area contributed by atoms with Crippen LogP contribution in [-0.4, -0.2) is 69.9 Å². The van der Waals surface area contributed by atoms with E-state index in [1.807, 2.05) is 10.9 Å². The molecular formula is C24H31FN6O2. The van der Waals surface area contributed by atoms with Crippen molar-refractivity contribution in [1.29, 1.82) is 0 Å². The maximum atomic E-state index is 14.4. The van der Waals surface area contributed by atoms with Gasteiger partial charge < -0.3 is 14.4 Å². The van der Waals surface area contributed by atoms with Crippen LogP contribution in [-0.2, 0) is 17.6 Å². The summed E-state index contributed by atoms with van der Waals surface area (Å²) >= 11 is 0. The van der Waals surface area contributed by atoms with Gasteiger partial charge in [0.1, 0.15) is 5.69 Å². The van der Waals surface area contributed by atoms with E-state index < -0.39 is 5.82 Å². The second-order valence-electron chi connectivity index (χ2n) is 9.07. The van der Waals surface area contributed by atoms with Crippen molar-refractivity contribution in [2.75, 3.05) is 40.5 Å². The standard InChI is InChI=1S/C24H31FN6O2/c1-16(17-4-8-29(2)9-5-17)30-15-19(14-27-30)31-22-7-11-33-10-6-20(22)23(28-31)18-12-21(25)24(32-3)26-13-18/h12-17H,4-11H2,1-3H3/t16-/m0/s1. The first-order valence-electron chi connectivity index (χ1n) is 11.7. The predicted octanol–water partition coefficient (Wildman–Crippen LogP) is 3.30. The molecule has 0 aromatic carbocycles. The second kappa shape index (κ2) is 9.23. The van der Waals surface area contributed by atoms with Gasteiger partial charge in [0.05, 0.1) is 50.1 Å². The Morgan fingerprint density at radius 1 is 1.18 bits per heavy atom. The van der Waals surface area contributed by atoms with Gasteiger partial charge in [-0.15, -0.1) is 0 Å². The Morgan fingerprint density at radius 3 is 2.73 bits per heavy atom. The number of halogens is 1. The Labute approximate surface area is 193 Å². The van der Waals surface area contributed by atoms with E-state index in [2.05, 4.69) is 34.7 Å². The summed E-state index contributed by atoms with van der Waals surface area (Å²) in [5.74, 6) is 0.0979. The third kappa shape index (κ3) is 4.27. The third-order valence-corrected chi connectivity index (χ3v) is 7.04. The van der Waals surface area contributed by atoms with Crippen LogP contribution >= 0.6 is 0 Å². The average Bonchev–Trinajstić information content (AvgIpc) is 3.37. The molecule has 0 aliphatic carbocycles. The molecule has 2 aliphatic heterocycles. The summed E-state index contributed by atoms with van der Waals surface area (Å²) in [5, 5.41) is 9.62. The molecule has 3 aromatic rings. The van der Waals surface area contributed by atoms with Crippen molar-refractivity contribution in [1.82, 2.24) is 29.4 Å². The number of piperidine rings is 1. The van der Waals surface area contributed by atoms with E-state index in [1.165, 1.54) is 26.0 Å². The van der Waals surface area contributed by atoms with Gasteiger partial charge in [-0.25, -0.2) is 14.1 Å². The number of rotatable bonds is 5. The van der Waals surface area contributed by atoms with Crippen LogP contribution in [0.2, 0.25) is 0 Å². The highest BCUT2D eigenvalue weighted by Gasteiger charge is 2.26. The SMILES string of the molecule is COc1ncc(-c2nn(-c3cnn([C@@H](C)C4CCN(C)CC4)c3)c3c2CCOCC3)cc1F. The smallest absolute Gasteiger partial charge is 0.250 e. The molecule has 9 heteroatoms. The Morgan fingerprint density at radius 2 is 1.97 bits per heavy atom. The number of methoxy groups -OCH3 is 1. The van der Waals surface area contributed by atoms with Crippen molar-refractivity contribution < 1.29 is 13.9 Å². The van der Waals surface area contributed by atoms with E-state index in [0.717, 1.165) is 48.6 Å². The van der Waals surface area contributed by atoms with E-state index in [4.69, 9.17) is 19.7 Å². The van der Waals surface area contributed by atoms with E-state index in [-0.39, 0.29) is 5.88 Å². The van der Waals surface area contributed by atoms with Crippen molar-refractivity contribution in [2.24, 2.45) is 5.92 Å². The molecule has 0 bridgehead atoms. The lowest BCUT2D eigenvalue weighted by Gasteiger charge is -2.32. The molecule has 5 rings (SSSR count). The van der Waals surface area contributed by atoms with Gasteiger partial charge in [0.2, 0.25) is 5.88 Å². The number of hydrogen-bond acceptors (Lipinski definition) is 6. The number of aromatic nitrogens is 5. The largest absolute Gasteiger partial charge is 0.479 e. The van der Waals surface area contributed by atoms with Crippen molar-refractivity contribution in [3.05, 3.63) is 41.7 Å².